The number of aliphatic hydroxyl groups is 2. The number of allylic oxidation sites excluding steroid dienone is 6. The van der Waals surface area contributed by atoms with Crippen LogP contribution in [0.3, 0.4) is 0 Å². The molecule has 2 bridgehead atoms. The van der Waals surface area contributed by atoms with Crippen LogP contribution in [0, 0.1) is 29.6 Å². The minimum atomic E-state index is -2.44. The number of phenolic OH excluding ortho intramolecular Hbond substituents is 1. The Bertz CT molecular complexity index is 1950. The van der Waals surface area contributed by atoms with E-state index in [2.05, 4.69) is 0 Å². The van der Waals surface area contributed by atoms with E-state index < -0.39 is 83.7 Å². The lowest BCUT2D eigenvalue weighted by Crippen LogP contribution is -2.61. The SMILES string of the molecule is COc1cc(C[C@@H](C)C2CC(=O)[C@H](C)/C=C(\C)[C@@H](O)[C@@H](OC)C(=O)[C@H](C)C[C@H](C)/C=C/C=C/C=C(\C)[C@@H](OC)CC3CC[C@@H](C)[C@@](O)(O3)C(=O)C(=O)N3CCCCC3C(=O)O2)ccc1O. The largest absolute Gasteiger partial charge is 0.504 e. The van der Waals surface area contributed by atoms with Crippen molar-refractivity contribution in [1.29, 1.82) is 0 Å². The van der Waals surface area contributed by atoms with Crippen LogP contribution in [0.4, 0.5) is 0 Å². The number of piperidine rings is 1. The molecule has 0 aromatic heterocycles. The number of phenols is 1. The first-order valence-corrected chi connectivity index (χ1v) is 23.1. The zero-order valence-corrected chi connectivity index (χ0v) is 40.0. The number of esters is 1. The summed E-state index contributed by atoms with van der Waals surface area (Å²) >= 11 is 0. The second-order valence-electron chi connectivity index (χ2n) is 18.5. The number of cyclic esters (lactones) is 1. The predicted molar refractivity (Wildman–Crippen MR) is 245 cm³/mol. The summed E-state index contributed by atoms with van der Waals surface area (Å²) in [5.74, 6) is -8.26. The second kappa shape index (κ2) is 24.3. The second-order valence-corrected chi connectivity index (χ2v) is 18.5. The van der Waals surface area contributed by atoms with Gasteiger partial charge in [0, 0.05) is 51.4 Å². The Balaban J connectivity index is 1.73. The smallest absolute Gasteiger partial charge is 0.329 e. The van der Waals surface area contributed by atoms with Crippen LogP contribution in [0.25, 0.3) is 0 Å². The molecule has 0 radical (unpaired) electrons. The highest BCUT2D eigenvalue weighted by molar-refractivity contribution is 6.39. The Hall–Kier alpha value is -4.47. The summed E-state index contributed by atoms with van der Waals surface area (Å²) in [6, 6.07) is 3.68. The highest BCUT2D eigenvalue weighted by Crippen LogP contribution is 2.37. The number of benzene rings is 1. The number of aromatic hydroxyl groups is 1. The van der Waals surface area contributed by atoms with E-state index >= 15 is 0 Å². The van der Waals surface area contributed by atoms with E-state index in [9.17, 15) is 39.3 Å². The Labute approximate surface area is 385 Å². The van der Waals surface area contributed by atoms with Gasteiger partial charge >= 0.3 is 5.97 Å². The molecule has 0 aliphatic carbocycles. The quantitative estimate of drug-likeness (QED) is 0.158. The Morgan fingerprint density at radius 2 is 1.63 bits per heavy atom. The van der Waals surface area contributed by atoms with Gasteiger partial charge in [0.2, 0.25) is 5.79 Å². The first-order valence-electron chi connectivity index (χ1n) is 23.1. The standard InChI is InChI=1S/C51H73NO13/c1-30-16-12-11-13-17-31(2)42(61-8)28-38-21-19-36(7)51(60,65-38)48(57)49(58)52-23-15-14-18-39(52)50(59)64-43(33(4)26-37-20-22-40(53)44(27-37)62-9)29-41(54)32(3)25-35(6)46(56)47(63-10)45(55)34(5)24-30/h11-13,16-17,20,22,25,27,30,32-34,36,38-39,42-43,46-47,53,56,60H,14-15,18-19,21,23-24,26,28-29H2,1-10H3/b13-11+,16-12+,31-17+,35-25+/t30-,32-,33-,34-,36-,38?,39?,42+,43?,46-,47+,51-/m1/s1. The molecule has 3 aliphatic heterocycles. The van der Waals surface area contributed by atoms with Crippen molar-refractivity contribution in [2.24, 2.45) is 29.6 Å². The van der Waals surface area contributed by atoms with Gasteiger partial charge in [-0.2, -0.15) is 0 Å². The van der Waals surface area contributed by atoms with Gasteiger partial charge in [-0.05, 0) is 99.5 Å². The van der Waals surface area contributed by atoms with Gasteiger partial charge in [0.15, 0.2) is 17.3 Å². The van der Waals surface area contributed by atoms with Gasteiger partial charge in [-0.1, -0.05) is 77.1 Å². The molecule has 1 aromatic carbocycles. The third kappa shape index (κ3) is 13.8. The summed E-state index contributed by atoms with van der Waals surface area (Å²) in [6.45, 7) is 12.5. The average molecular weight is 908 g/mol. The van der Waals surface area contributed by atoms with E-state index in [0.717, 1.165) is 16.0 Å². The number of carbonyl (C=O) groups is 5. The van der Waals surface area contributed by atoms with Gasteiger partial charge in [0.05, 0.1) is 19.3 Å². The van der Waals surface area contributed by atoms with Crippen LogP contribution in [0.15, 0.2) is 65.8 Å². The molecule has 0 spiro atoms. The molecule has 1 aromatic rings. The van der Waals surface area contributed by atoms with Gasteiger partial charge in [0.1, 0.15) is 30.1 Å². The molecule has 3 heterocycles. The van der Waals surface area contributed by atoms with Crippen molar-refractivity contribution in [2.45, 2.75) is 149 Å². The summed E-state index contributed by atoms with van der Waals surface area (Å²) in [6.07, 6.45) is 9.59. The van der Waals surface area contributed by atoms with Crippen molar-refractivity contribution in [3.63, 3.8) is 0 Å². The fourth-order valence-corrected chi connectivity index (χ4v) is 9.13. The number of hydrogen-bond donors (Lipinski definition) is 3. The van der Waals surface area contributed by atoms with Crippen LogP contribution in [0.1, 0.15) is 105 Å². The van der Waals surface area contributed by atoms with Crippen LogP contribution in [0.2, 0.25) is 0 Å². The lowest BCUT2D eigenvalue weighted by atomic mass is 9.85. The zero-order valence-electron chi connectivity index (χ0n) is 40.0. The molecule has 2 fully saturated rings. The molecule has 3 unspecified atom stereocenters. The maximum absolute atomic E-state index is 14.3. The van der Waals surface area contributed by atoms with Crippen LogP contribution >= 0.6 is 0 Å². The summed E-state index contributed by atoms with van der Waals surface area (Å²) < 4.78 is 29.0. The lowest BCUT2D eigenvalue weighted by Gasteiger charge is -2.42. The maximum atomic E-state index is 14.3. The van der Waals surface area contributed by atoms with Gasteiger partial charge in [-0.25, -0.2) is 4.79 Å². The monoisotopic (exact) mass is 908 g/mol. The number of amides is 1. The molecule has 65 heavy (non-hydrogen) atoms. The van der Waals surface area contributed by atoms with Gasteiger partial charge in [-0.3, -0.25) is 19.2 Å². The number of nitrogens with zero attached hydrogens (tertiary/aromatic N) is 1. The minimum Gasteiger partial charge on any atom is -0.504 e. The summed E-state index contributed by atoms with van der Waals surface area (Å²) in [5.41, 5.74) is 1.97. The Morgan fingerprint density at radius 1 is 0.908 bits per heavy atom. The van der Waals surface area contributed by atoms with E-state index in [0.29, 0.717) is 50.5 Å². The third-order valence-electron chi connectivity index (χ3n) is 13.4. The molecule has 14 heteroatoms. The third-order valence-corrected chi connectivity index (χ3v) is 13.4. The first kappa shape index (κ1) is 53.1. The molecule has 1 amide bonds. The molecule has 3 N–H and O–H groups in total. The highest BCUT2D eigenvalue weighted by Gasteiger charge is 2.53. The fourth-order valence-electron chi connectivity index (χ4n) is 9.13. The predicted octanol–water partition coefficient (Wildman–Crippen LogP) is 6.57. The van der Waals surface area contributed by atoms with E-state index in [1.165, 1.54) is 20.3 Å². The Morgan fingerprint density at radius 3 is 2.31 bits per heavy atom. The van der Waals surface area contributed by atoms with Crippen molar-refractivity contribution < 1.29 is 63.0 Å². The minimum absolute atomic E-state index is 0.0100. The summed E-state index contributed by atoms with van der Waals surface area (Å²) in [5, 5.41) is 33.6. The molecule has 12 atom stereocenters. The van der Waals surface area contributed by atoms with Crippen molar-refractivity contribution >= 4 is 29.2 Å². The Kier molecular flexibility index (Phi) is 19.9. The first-order chi connectivity index (χ1) is 30.7. The zero-order chi connectivity index (χ0) is 48.2. The van der Waals surface area contributed by atoms with E-state index in [4.69, 9.17) is 23.7 Å². The van der Waals surface area contributed by atoms with Crippen molar-refractivity contribution in [1.82, 2.24) is 4.90 Å². The normalized spacial score (nSPS) is 35.4. The summed E-state index contributed by atoms with van der Waals surface area (Å²) in [7, 11) is 4.36. The molecule has 2 saturated heterocycles. The number of fused-ring (bicyclic) bond motifs is 3. The fraction of sp³-hybridized carbons (Fsp3) is 0.627. The van der Waals surface area contributed by atoms with Crippen LogP contribution in [-0.4, -0.2) is 120 Å². The maximum Gasteiger partial charge on any atom is 0.329 e. The number of methoxy groups -OCH3 is 3. The average Bonchev–Trinajstić information content (AvgIpc) is 3.28. The van der Waals surface area contributed by atoms with E-state index in [1.807, 2.05) is 51.2 Å². The van der Waals surface area contributed by atoms with Crippen LogP contribution < -0.4 is 4.74 Å². The molecular formula is C51H73NO13. The topological polar surface area (TPSA) is 195 Å². The molecule has 3 aliphatic rings. The molecular weight excluding hydrogens is 835 g/mol. The molecule has 4 rings (SSSR count). The lowest BCUT2D eigenvalue weighted by molar-refractivity contribution is -0.265. The van der Waals surface area contributed by atoms with Gasteiger partial charge < -0.3 is 43.9 Å². The molecule has 0 saturated carbocycles. The van der Waals surface area contributed by atoms with Crippen LogP contribution in [0.5, 0.6) is 11.5 Å². The van der Waals surface area contributed by atoms with Crippen molar-refractivity contribution in [3.8, 4) is 11.5 Å². The molecule has 360 valence electrons. The van der Waals surface area contributed by atoms with E-state index in [-0.39, 0.29) is 48.4 Å². The number of hydrogen-bond acceptors (Lipinski definition) is 13. The molecule has 14 nitrogen and oxygen atoms in total. The van der Waals surface area contributed by atoms with Crippen molar-refractivity contribution in [2.75, 3.05) is 27.9 Å². The number of aliphatic hydroxyl groups excluding tert-OH is 1. The number of carbonyl (C=O) groups excluding carboxylic acids is 5. The number of ketones is 3. The van der Waals surface area contributed by atoms with Gasteiger partial charge in [-0.15, -0.1) is 0 Å². The highest BCUT2D eigenvalue weighted by atomic mass is 16.6. The number of rotatable bonds is 6. The van der Waals surface area contributed by atoms with Gasteiger partial charge in [0.25, 0.3) is 11.7 Å². The summed E-state index contributed by atoms with van der Waals surface area (Å²) in [4.78, 5) is 71.6. The van der Waals surface area contributed by atoms with E-state index in [1.54, 1.807) is 53.0 Å². The van der Waals surface area contributed by atoms with Crippen molar-refractivity contribution in [3.05, 3.63) is 71.4 Å². The number of Topliss-reactive ketones (excluding diaryl/α,β-unsaturated/α-hetero) is 3. The van der Waals surface area contributed by atoms with Crippen LogP contribution in [-0.2, 0) is 49.3 Å². The number of ether oxygens (including phenoxy) is 5.